The quantitative estimate of drug-likeness (QED) is 0.915. The Labute approximate surface area is 120 Å². The maximum absolute atomic E-state index is 6.23. The highest BCUT2D eigenvalue weighted by atomic mass is 35.5. The highest BCUT2D eigenvalue weighted by Gasteiger charge is 2.21. The zero-order valence-electron chi connectivity index (χ0n) is 10.9. The van der Waals surface area contributed by atoms with Crippen LogP contribution in [0.25, 0.3) is 0 Å². The first-order valence-corrected chi connectivity index (χ1v) is 6.68. The van der Waals surface area contributed by atoms with Gasteiger partial charge in [-0.25, -0.2) is 0 Å². The third-order valence-electron chi connectivity index (χ3n) is 3.01. The van der Waals surface area contributed by atoms with Crippen molar-refractivity contribution in [1.29, 1.82) is 0 Å². The molecule has 2 aromatic rings. The summed E-state index contributed by atoms with van der Waals surface area (Å²) in [6.07, 6.45) is 0.816. The Balaban J connectivity index is 1.98. The molecule has 0 saturated heterocycles. The van der Waals surface area contributed by atoms with Crippen molar-refractivity contribution in [1.82, 2.24) is 10.1 Å². The predicted octanol–water partition coefficient (Wildman–Crippen LogP) is 2.24. The van der Waals surface area contributed by atoms with Gasteiger partial charge in [0, 0.05) is 13.3 Å². The zero-order chi connectivity index (χ0) is 14.1. The molecule has 106 valence electrons. The normalized spacial score (nSPS) is 15.8. The van der Waals surface area contributed by atoms with E-state index in [-0.39, 0.29) is 0 Å². The first-order valence-electron chi connectivity index (χ1n) is 6.30. The maximum atomic E-state index is 6.23. The standard InChI is InChI=1S/C13H14ClN3O3/c1-7-16-13(17-20-7)11(15)8-5-9(14)12-10(6-8)18-3-2-4-19-12/h5-6,11H,2-4,15H2,1H3. The Morgan fingerprint density at radius 1 is 1.30 bits per heavy atom. The third-order valence-corrected chi connectivity index (χ3v) is 3.29. The molecule has 7 heteroatoms. The summed E-state index contributed by atoms with van der Waals surface area (Å²) >= 11 is 6.23. The van der Waals surface area contributed by atoms with E-state index in [1.807, 2.05) is 6.07 Å². The second kappa shape index (κ2) is 5.30. The van der Waals surface area contributed by atoms with E-state index < -0.39 is 6.04 Å². The lowest BCUT2D eigenvalue weighted by Crippen LogP contribution is -2.14. The lowest BCUT2D eigenvalue weighted by atomic mass is 10.1. The fourth-order valence-corrected chi connectivity index (χ4v) is 2.29. The summed E-state index contributed by atoms with van der Waals surface area (Å²) in [6.45, 7) is 2.88. The van der Waals surface area contributed by atoms with Crippen molar-refractivity contribution >= 4 is 11.6 Å². The monoisotopic (exact) mass is 295 g/mol. The van der Waals surface area contributed by atoms with Gasteiger partial charge in [-0.1, -0.05) is 16.8 Å². The smallest absolute Gasteiger partial charge is 0.223 e. The highest BCUT2D eigenvalue weighted by Crippen LogP contribution is 2.39. The number of hydrogen-bond donors (Lipinski definition) is 1. The Hall–Kier alpha value is -1.79. The molecule has 1 aliphatic heterocycles. The molecule has 0 radical (unpaired) electrons. The number of ether oxygens (including phenoxy) is 2. The van der Waals surface area contributed by atoms with Crippen LogP contribution < -0.4 is 15.2 Å². The molecule has 2 N–H and O–H groups in total. The first-order chi connectivity index (χ1) is 9.65. The molecule has 0 saturated carbocycles. The van der Waals surface area contributed by atoms with Gasteiger partial charge in [0.15, 0.2) is 17.3 Å². The van der Waals surface area contributed by atoms with E-state index in [2.05, 4.69) is 10.1 Å². The molecule has 1 atom stereocenters. The number of halogens is 1. The van der Waals surface area contributed by atoms with Crippen molar-refractivity contribution in [2.45, 2.75) is 19.4 Å². The van der Waals surface area contributed by atoms with E-state index in [1.54, 1.807) is 13.0 Å². The van der Waals surface area contributed by atoms with E-state index in [9.17, 15) is 0 Å². The minimum atomic E-state index is -0.526. The van der Waals surface area contributed by atoms with Crippen LogP contribution in [0.2, 0.25) is 5.02 Å². The van der Waals surface area contributed by atoms with Crippen LogP contribution in [0, 0.1) is 6.92 Å². The number of hydrogen-bond acceptors (Lipinski definition) is 6. The summed E-state index contributed by atoms with van der Waals surface area (Å²) in [5, 5.41) is 4.29. The summed E-state index contributed by atoms with van der Waals surface area (Å²) in [7, 11) is 0. The van der Waals surface area contributed by atoms with Gasteiger partial charge in [-0.2, -0.15) is 4.98 Å². The van der Waals surface area contributed by atoms with E-state index >= 15 is 0 Å². The number of aryl methyl sites for hydroxylation is 1. The molecular formula is C13H14ClN3O3. The van der Waals surface area contributed by atoms with Crippen LogP contribution in [0.3, 0.4) is 0 Å². The van der Waals surface area contributed by atoms with Crippen molar-refractivity contribution in [3.63, 3.8) is 0 Å². The molecule has 6 nitrogen and oxygen atoms in total. The van der Waals surface area contributed by atoms with E-state index in [4.69, 9.17) is 31.3 Å². The summed E-state index contributed by atoms with van der Waals surface area (Å²) in [4.78, 5) is 4.13. The van der Waals surface area contributed by atoms with Crippen molar-refractivity contribution in [3.05, 3.63) is 34.4 Å². The third kappa shape index (κ3) is 2.44. The molecule has 0 amide bonds. The van der Waals surface area contributed by atoms with Crippen LogP contribution in [0.15, 0.2) is 16.7 Å². The largest absolute Gasteiger partial charge is 0.489 e. The van der Waals surface area contributed by atoms with Crippen LogP contribution >= 0.6 is 11.6 Å². The SMILES string of the molecule is Cc1nc(C(N)c2cc(Cl)c3c(c2)OCCCO3)no1. The summed E-state index contributed by atoms with van der Waals surface area (Å²) < 4.78 is 16.1. The van der Waals surface area contributed by atoms with Gasteiger partial charge in [-0.15, -0.1) is 0 Å². The molecule has 1 aromatic heterocycles. The molecule has 3 rings (SSSR count). The van der Waals surface area contributed by atoms with E-state index in [0.29, 0.717) is 41.5 Å². The Kier molecular flexibility index (Phi) is 3.50. The average Bonchev–Trinajstić information content (AvgIpc) is 2.72. The van der Waals surface area contributed by atoms with Crippen molar-refractivity contribution < 1.29 is 14.0 Å². The number of aromatic nitrogens is 2. The second-order valence-corrected chi connectivity index (χ2v) is 4.94. The number of rotatable bonds is 2. The molecule has 2 heterocycles. The first kappa shape index (κ1) is 13.2. The van der Waals surface area contributed by atoms with Crippen LogP contribution in [0.1, 0.15) is 29.7 Å². The van der Waals surface area contributed by atoms with Crippen LogP contribution in [-0.2, 0) is 0 Å². The summed E-state index contributed by atoms with van der Waals surface area (Å²) in [5.41, 5.74) is 6.88. The van der Waals surface area contributed by atoms with Gasteiger partial charge in [0.1, 0.15) is 0 Å². The summed E-state index contributed by atoms with van der Waals surface area (Å²) in [6, 6.07) is 3.02. The lowest BCUT2D eigenvalue weighted by Gasteiger charge is -2.14. The van der Waals surface area contributed by atoms with Crippen molar-refractivity contribution in [2.75, 3.05) is 13.2 Å². The molecule has 1 aliphatic rings. The van der Waals surface area contributed by atoms with Gasteiger partial charge in [0.25, 0.3) is 0 Å². The molecule has 0 aliphatic carbocycles. The zero-order valence-corrected chi connectivity index (χ0v) is 11.7. The molecule has 1 aromatic carbocycles. The van der Waals surface area contributed by atoms with Crippen molar-refractivity contribution in [3.8, 4) is 11.5 Å². The minimum Gasteiger partial charge on any atom is -0.489 e. The lowest BCUT2D eigenvalue weighted by molar-refractivity contribution is 0.297. The van der Waals surface area contributed by atoms with Crippen LogP contribution in [0.4, 0.5) is 0 Å². The fraction of sp³-hybridized carbons (Fsp3) is 0.385. The molecule has 1 unspecified atom stereocenters. The molecule has 0 bridgehead atoms. The molecule has 0 fully saturated rings. The topological polar surface area (TPSA) is 83.4 Å². The Morgan fingerprint density at radius 3 is 2.85 bits per heavy atom. The minimum absolute atomic E-state index is 0.410. The van der Waals surface area contributed by atoms with Gasteiger partial charge in [-0.05, 0) is 17.7 Å². The number of fused-ring (bicyclic) bond motifs is 1. The molecule has 20 heavy (non-hydrogen) atoms. The number of nitrogens with two attached hydrogens (primary N) is 1. The van der Waals surface area contributed by atoms with Gasteiger partial charge < -0.3 is 19.7 Å². The molecule has 0 spiro atoms. The van der Waals surface area contributed by atoms with Gasteiger partial charge in [-0.3, -0.25) is 0 Å². The number of benzene rings is 1. The average molecular weight is 296 g/mol. The van der Waals surface area contributed by atoms with Gasteiger partial charge >= 0.3 is 0 Å². The Morgan fingerprint density at radius 2 is 2.10 bits per heavy atom. The predicted molar refractivity (Wildman–Crippen MR) is 72.1 cm³/mol. The van der Waals surface area contributed by atoms with E-state index in [0.717, 1.165) is 12.0 Å². The van der Waals surface area contributed by atoms with E-state index in [1.165, 1.54) is 0 Å². The van der Waals surface area contributed by atoms with Crippen LogP contribution in [-0.4, -0.2) is 23.4 Å². The summed E-state index contributed by atoms with van der Waals surface area (Å²) in [5.74, 6) is 2.04. The molecular weight excluding hydrogens is 282 g/mol. The van der Waals surface area contributed by atoms with Crippen LogP contribution in [0.5, 0.6) is 11.5 Å². The number of nitrogens with zero attached hydrogens (tertiary/aromatic N) is 2. The van der Waals surface area contributed by atoms with Gasteiger partial charge in [0.2, 0.25) is 5.89 Å². The second-order valence-electron chi connectivity index (χ2n) is 4.53. The Bertz CT molecular complexity index is 629. The van der Waals surface area contributed by atoms with Gasteiger partial charge in [0.05, 0.1) is 24.3 Å². The van der Waals surface area contributed by atoms with Crippen molar-refractivity contribution in [2.24, 2.45) is 5.73 Å². The maximum Gasteiger partial charge on any atom is 0.223 e. The fourth-order valence-electron chi connectivity index (χ4n) is 2.02. The highest BCUT2D eigenvalue weighted by molar-refractivity contribution is 6.32.